The summed E-state index contributed by atoms with van der Waals surface area (Å²) in [6, 6.07) is 25.8. The average molecular weight is 461 g/mol. The molecule has 1 aliphatic carbocycles. The second kappa shape index (κ2) is 9.50. The van der Waals surface area contributed by atoms with E-state index in [2.05, 4.69) is 108 Å². The Balaban J connectivity index is 0.00000150. The molecule has 1 aliphatic rings. The molecule has 0 spiro atoms. The second-order valence-electron chi connectivity index (χ2n) is 7.99. The van der Waals surface area contributed by atoms with Gasteiger partial charge in [0.15, 0.2) is 0 Å². The van der Waals surface area contributed by atoms with Gasteiger partial charge in [-0.25, -0.2) is 0 Å². The summed E-state index contributed by atoms with van der Waals surface area (Å²) in [5.74, 6) is 0. The molecule has 1 nitrogen and oxygen atoms in total. The van der Waals surface area contributed by atoms with Gasteiger partial charge in [-0.1, -0.05) is 0 Å². The fourth-order valence-corrected chi connectivity index (χ4v) is 4.71. The first-order chi connectivity index (χ1) is 13.0. The summed E-state index contributed by atoms with van der Waals surface area (Å²) >= 11 is 3.58. The molecule has 0 saturated heterocycles. The molecule has 0 N–H and O–H groups in total. The molecule has 0 aliphatic heterocycles. The van der Waals surface area contributed by atoms with E-state index in [1.807, 2.05) is 12.3 Å². The fourth-order valence-electron chi connectivity index (χ4n) is 4.10. The smallest absolute Gasteiger partial charge is 1.00 e. The summed E-state index contributed by atoms with van der Waals surface area (Å²) in [6.07, 6.45) is 6.23. The number of nitrogens with zero attached hydrogens (tertiary/aromatic N) is 1. The van der Waals surface area contributed by atoms with Gasteiger partial charge in [0.05, 0.1) is 0 Å². The molecule has 4 rings (SSSR count). The van der Waals surface area contributed by atoms with Gasteiger partial charge in [0, 0.05) is 0 Å². The van der Waals surface area contributed by atoms with Crippen molar-refractivity contribution < 1.29 is 41.1 Å². The van der Waals surface area contributed by atoms with Crippen molar-refractivity contribution in [2.45, 2.75) is 31.0 Å². The number of benzene rings is 2. The average Bonchev–Trinajstić information content (AvgIpc) is 2.97. The minimum atomic E-state index is -0.148. The van der Waals surface area contributed by atoms with Crippen LogP contribution in [-0.4, -0.2) is 4.98 Å². The first-order valence-electron chi connectivity index (χ1n) is 9.45. The zero-order valence-corrected chi connectivity index (χ0v) is 19.4. The molecule has 1 unspecified atom stereocenters. The van der Waals surface area contributed by atoms with E-state index in [1.54, 1.807) is 0 Å². The quantitative estimate of drug-likeness (QED) is 0.511. The standard InChI is InChI=1S/C25H24N.2ClH.Cr/c1-25(2,18-21-12-8-9-15-26-21)24-17-20(16-19-10-4-3-5-11-19)22-13-6-7-14-23(22)24;;;/h3-15,17H,16,18H2,1-2H3;2*1H;/q;;;+2/p-2. The SMILES string of the molecule is CC(C)(Cc1ccccn1)[C]1([Cr+2])C=C(Cc2ccccc2)c2ccccc21.[Cl-].[Cl-]. The van der Waals surface area contributed by atoms with Gasteiger partial charge in [0.25, 0.3) is 0 Å². The van der Waals surface area contributed by atoms with Crippen molar-refractivity contribution in [3.8, 4) is 0 Å². The van der Waals surface area contributed by atoms with Crippen LogP contribution in [-0.2, 0) is 33.4 Å². The van der Waals surface area contributed by atoms with E-state index in [0.717, 1.165) is 18.5 Å². The summed E-state index contributed by atoms with van der Waals surface area (Å²) < 4.78 is -0.148. The Morgan fingerprint density at radius 3 is 2.21 bits per heavy atom. The number of pyridine rings is 1. The van der Waals surface area contributed by atoms with E-state index in [-0.39, 0.29) is 34.5 Å². The van der Waals surface area contributed by atoms with E-state index >= 15 is 0 Å². The van der Waals surface area contributed by atoms with E-state index in [1.165, 1.54) is 22.3 Å². The van der Waals surface area contributed by atoms with Gasteiger partial charge in [0.2, 0.25) is 0 Å². The van der Waals surface area contributed by atoms with Crippen LogP contribution >= 0.6 is 0 Å². The van der Waals surface area contributed by atoms with Crippen LogP contribution in [0.15, 0.2) is 85.1 Å². The largest absolute Gasteiger partial charge is 1.00 e. The van der Waals surface area contributed by atoms with Crippen molar-refractivity contribution in [1.29, 1.82) is 0 Å². The molecule has 0 radical (unpaired) electrons. The van der Waals surface area contributed by atoms with Crippen LogP contribution in [0.4, 0.5) is 0 Å². The van der Waals surface area contributed by atoms with Crippen molar-refractivity contribution in [2.75, 3.05) is 0 Å². The van der Waals surface area contributed by atoms with Gasteiger partial charge in [0.1, 0.15) is 0 Å². The number of aromatic nitrogens is 1. The minimum Gasteiger partial charge on any atom is -1.00 e. The maximum atomic E-state index is 4.57. The number of hydrogen-bond acceptors (Lipinski definition) is 1. The predicted molar refractivity (Wildman–Crippen MR) is 108 cm³/mol. The van der Waals surface area contributed by atoms with Crippen molar-refractivity contribution in [3.05, 3.63) is 107 Å². The molecule has 1 aromatic heterocycles. The summed E-state index contributed by atoms with van der Waals surface area (Å²) in [5, 5.41) is 0. The molecular weight excluding hydrogens is 437 g/mol. The number of halogens is 2. The van der Waals surface area contributed by atoms with Gasteiger partial charge in [-0.3, -0.25) is 0 Å². The van der Waals surface area contributed by atoms with Crippen molar-refractivity contribution in [2.24, 2.45) is 5.41 Å². The van der Waals surface area contributed by atoms with E-state index in [4.69, 9.17) is 0 Å². The molecule has 1 atom stereocenters. The number of rotatable bonds is 5. The maximum absolute atomic E-state index is 4.57. The third-order valence-corrected chi connectivity index (χ3v) is 7.03. The Hall–Kier alpha value is -1.56. The van der Waals surface area contributed by atoms with Gasteiger partial charge < -0.3 is 24.8 Å². The molecule has 0 bridgehead atoms. The number of fused-ring (bicyclic) bond motifs is 1. The third kappa shape index (κ3) is 4.63. The van der Waals surface area contributed by atoms with Crippen molar-refractivity contribution >= 4 is 5.57 Å². The molecule has 1 heterocycles. The monoisotopic (exact) mass is 460 g/mol. The molecular formula is C25H24Cl2CrN. The van der Waals surface area contributed by atoms with Gasteiger partial charge in [-0.05, 0) is 0 Å². The summed E-state index contributed by atoms with van der Waals surface area (Å²) in [5.41, 5.74) is 6.65. The van der Waals surface area contributed by atoms with Gasteiger partial charge in [-0.15, -0.1) is 0 Å². The third-order valence-electron chi connectivity index (χ3n) is 5.64. The molecule has 0 fully saturated rings. The van der Waals surface area contributed by atoms with Crippen LogP contribution in [0.3, 0.4) is 0 Å². The van der Waals surface area contributed by atoms with Gasteiger partial charge >= 0.3 is 171 Å². The molecule has 0 amide bonds. The summed E-state index contributed by atoms with van der Waals surface area (Å²) in [7, 11) is 0. The molecule has 0 saturated carbocycles. The summed E-state index contributed by atoms with van der Waals surface area (Å²) in [4.78, 5) is 4.57. The van der Waals surface area contributed by atoms with E-state index < -0.39 is 0 Å². The minimum absolute atomic E-state index is 0. The Bertz CT molecular complexity index is 970. The van der Waals surface area contributed by atoms with Crippen LogP contribution in [0.1, 0.15) is 36.2 Å². The topological polar surface area (TPSA) is 12.9 Å². The Morgan fingerprint density at radius 2 is 1.52 bits per heavy atom. The number of hydrogen-bond donors (Lipinski definition) is 0. The van der Waals surface area contributed by atoms with Gasteiger partial charge in [-0.2, -0.15) is 0 Å². The normalized spacial score (nSPS) is 17.5. The molecule has 2 aromatic carbocycles. The Morgan fingerprint density at radius 1 is 0.862 bits per heavy atom. The second-order valence-corrected chi connectivity index (χ2v) is 9.00. The predicted octanol–water partition coefficient (Wildman–Crippen LogP) is -0.260. The van der Waals surface area contributed by atoms with Crippen molar-refractivity contribution in [1.82, 2.24) is 4.98 Å². The first-order valence-corrected chi connectivity index (χ1v) is 10.1. The van der Waals surface area contributed by atoms with Crippen LogP contribution in [0, 0.1) is 5.41 Å². The van der Waals surface area contributed by atoms with Crippen LogP contribution in [0.25, 0.3) is 5.57 Å². The van der Waals surface area contributed by atoms with Crippen LogP contribution < -0.4 is 24.8 Å². The van der Waals surface area contributed by atoms with E-state index in [9.17, 15) is 0 Å². The summed E-state index contributed by atoms with van der Waals surface area (Å²) in [6.45, 7) is 4.69. The number of allylic oxidation sites excluding steroid dienone is 2. The zero-order chi connectivity index (χ0) is 18.9. The first kappa shape index (κ1) is 23.7. The Labute approximate surface area is 194 Å². The molecule has 4 heteroatoms. The Kier molecular flexibility index (Phi) is 7.77. The van der Waals surface area contributed by atoms with Crippen molar-refractivity contribution in [3.63, 3.8) is 0 Å². The molecule has 29 heavy (non-hydrogen) atoms. The van der Waals surface area contributed by atoms with E-state index in [0.29, 0.717) is 0 Å². The zero-order valence-electron chi connectivity index (χ0n) is 16.6. The maximum Gasteiger partial charge on any atom is -1.00 e. The fraction of sp³-hybridized carbons (Fsp3) is 0.240. The van der Waals surface area contributed by atoms with Crippen LogP contribution in [0.2, 0.25) is 0 Å². The molecule has 3 aromatic rings. The van der Waals surface area contributed by atoms with Crippen LogP contribution in [0.5, 0.6) is 0 Å². The molecule has 149 valence electrons.